The smallest absolute Gasteiger partial charge is 0.281 e. The van der Waals surface area contributed by atoms with E-state index >= 15 is 0 Å². The van der Waals surface area contributed by atoms with Crippen LogP contribution in [0, 0.1) is 6.92 Å². The zero-order chi connectivity index (χ0) is 14.0. The molecule has 1 aromatic carbocycles. The van der Waals surface area contributed by atoms with Gasteiger partial charge in [-0.1, -0.05) is 29.8 Å². The van der Waals surface area contributed by atoms with Gasteiger partial charge in [-0.05, 0) is 12.5 Å². The third kappa shape index (κ3) is 3.14. The van der Waals surface area contributed by atoms with Gasteiger partial charge in [0, 0.05) is 27.2 Å². The number of benzene rings is 1. The molecular weight excluding hydrogens is 264 g/mol. The minimum Gasteiger partial charge on any atom is -0.371 e. The molecule has 1 atom stereocenters. The molecule has 1 unspecified atom stereocenters. The van der Waals surface area contributed by atoms with Crippen molar-refractivity contribution in [2.45, 2.75) is 13.0 Å². The summed E-state index contributed by atoms with van der Waals surface area (Å²) in [6.45, 7) is 3.21. The van der Waals surface area contributed by atoms with Gasteiger partial charge in [0.2, 0.25) is 0 Å². The molecule has 1 aromatic rings. The van der Waals surface area contributed by atoms with Crippen LogP contribution in [-0.2, 0) is 14.9 Å². The molecule has 0 amide bonds. The standard InChI is InChI=1S/C13H20N2O3S/c1-11-4-6-12(7-5-11)13-10-15(8-9-18-13)19(16,17)14(2)3/h4-7,13H,8-10H2,1-3H3. The second-order valence-electron chi connectivity index (χ2n) is 4.92. The molecule has 5 nitrogen and oxygen atoms in total. The maximum absolute atomic E-state index is 12.1. The van der Waals surface area contributed by atoms with E-state index in [2.05, 4.69) is 0 Å². The summed E-state index contributed by atoms with van der Waals surface area (Å²) in [7, 11) is -0.268. The summed E-state index contributed by atoms with van der Waals surface area (Å²) >= 11 is 0. The molecular formula is C13H20N2O3S. The maximum atomic E-state index is 12.1. The molecule has 0 aromatic heterocycles. The molecule has 0 N–H and O–H groups in total. The van der Waals surface area contributed by atoms with E-state index in [-0.39, 0.29) is 6.10 Å². The first-order valence-corrected chi connectivity index (χ1v) is 7.66. The Labute approximate surface area is 115 Å². The number of nitrogens with zero attached hydrogens (tertiary/aromatic N) is 2. The van der Waals surface area contributed by atoms with Gasteiger partial charge in [0.15, 0.2) is 0 Å². The van der Waals surface area contributed by atoms with Crippen molar-refractivity contribution in [2.75, 3.05) is 33.8 Å². The molecule has 19 heavy (non-hydrogen) atoms. The SMILES string of the molecule is Cc1ccc(C2CN(S(=O)(=O)N(C)C)CCO2)cc1. The topological polar surface area (TPSA) is 49.9 Å². The van der Waals surface area contributed by atoms with E-state index in [0.29, 0.717) is 19.7 Å². The molecule has 6 heteroatoms. The van der Waals surface area contributed by atoms with E-state index in [1.54, 1.807) is 14.1 Å². The molecule has 0 bridgehead atoms. The van der Waals surface area contributed by atoms with Crippen LogP contribution in [0.2, 0.25) is 0 Å². The van der Waals surface area contributed by atoms with Crippen LogP contribution in [0.5, 0.6) is 0 Å². The zero-order valence-electron chi connectivity index (χ0n) is 11.5. The lowest BCUT2D eigenvalue weighted by Crippen LogP contribution is -2.47. The monoisotopic (exact) mass is 284 g/mol. The fraction of sp³-hybridized carbons (Fsp3) is 0.538. The van der Waals surface area contributed by atoms with Gasteiger partial charge in [-0.2, -0.15) is 17.0 Å². The highest BCUT2D eigenvalue weighted by molar-refractivity contribution is 7.86. The Bertz CT molecular complexity index is 525. The Hall–Kier alpha value is -0.950. The van der Waals surface area contributed by atoms with Crippen LogP contribution in [0.3, 0.4) is 0 Å². The van der Waals surface area contributed by atoms with Gasteiger partial charge in [-0.3, -0.25) is 0 Å². The summed E-state index contributed by atoms with van der Waals surface area (Å²) in [6, 6.07) is 8.01. The normalized spacial score (nSPS) is 21.8. The fourth-order valence-corrected chi connectivity index (χ4v) is 3.14. The van der Waals surface area contributed by atoms with Crippen LogP contribution in [0.15, 0.2) is 24.3 Å². The van der Waals surface area contributed by atoms with Gasteiger partial charge < -0.3 is 4.74 Å². The summed E-state index contributed by atoms with van der Waals surface area (Å²) in [6.07, 6.45) is -0.191. The van der Waals surface area contributed by atoms with Crippen molar-refractivity contribution in [3.63, 3.8) is 0 Å². The highest BCUT2D eigenvalue weighted by Gasteiger charge is 2.31. The van der Waals surface area contributed by atoms with Crippen molar-refractivity contribution in [2.24, 2.45) is 0 Å². The largest absolute Gasteiger partial charge is 0.371 e. The molecule has 0 radical (unpaired) electrons. The molecule has 1 aliphatic heterocycles. The molecule has 1 fully saturated rings. The Morgan fingerprint density at radius 3 is 2.47 bits per heavy atom. The summed E-state index contributed by atoms with van der Waals surface area (Å²) in [5.74, 6) is 0. The summed E-state index contributed by atoms with van der Waals surface area (Å²) in [5, 5.41) is 0. The number of morpholine rings is 1. The highest BCUT2D eigenvalue weighted by Crippen LogP contribution is 2.24. The van der Waals surface area contributed by atoms with Crippen molar-refractivity contribution in [3.05, 3.63) is 35.4 Å². The number of ether oxygens (including phenoxy) is 1. The van der Waals surface area contributed by atoms with Crippen LogP contribution in [0.1, 0.15) is 17.2 Å². The Morgan fingerprint density at radius 2 is 1.89 bits per heavy atom. The first kappa shape index (κ1) is 14.5. The lowest BCUT2D eigenvalue weighted by Gasteiger charge is -2.33. The van der Waals surface area contributed by atoms with Gasteiger partial charge in [-0.25, -0.2) is 0 Å². The van der Waals surface area contributed by atoms with Crippen LogP contribution < -0.4 is 0 Å². The van der Waals surface area contributed by atoms with E-state index in [1.165, 1.54) is 14.2 Å². The first-order chi connectivity index (χ1) is 8.91. The second-order valence-corrected chi connectivity index (χ2v) is 7.06. The first-order valence-electron chi connectivity index (χ1n) is 6.27. The minimum absolute atomic E-state index is 0.191. The van der Waals surface area contributed by atoms with Gasteiger partial charge in [0.25, 0.3) is 10.2 Å². The van der Waals surface area contributed by atoms with Crippen LogP contribution in [0.4, 0.5) is 0 Å². The Kier molecular flexibility index (Phi) is 4.25. The predicted molar refractivity (Wildman–Crippen MR) is 74.1 cm³/mol. The molecule has 2 rings (SSSR count). The van der Waals surface area contributed by atoms with Crippen molar-refractivity contribution in [3.8, 4) is 0 Å². The molecule has 1 heterocycles. The molecule has 1 aliphatic rings. The van der Waals surface area contributed by atoms with E-state index in [9.17, 15) is 8.42 Å². The maximum Gasteiger partial charge on any atom is 0.281 e. The molecule has 0 aliphatic carbocycles. The van der Waals surface area contributed by atoms with Crippen molar-refractivity contribution < 1.29 is 13.2 Å². The number of rotatable bonds is 3. The Morgan fingerprint density at radius 1 is 1.26 bits per heavy atom. The van der Waals surface area contributed by atoms with E-state index in [0.717, 1.165) is 5.56 Å². The second kappa shape index (κ2) is 5.58. The van der Waals surface area contributed by atoms with E-state index < -0.39 is 10.2 Å². The Balaban J connectivity index is 2.16. The van der Waals surface area contributed by atoms with Gasteiger partial charge in [-0.15, -0.1) is 0 Å². The van der Waals surface area contributed by atoms with Gasteiger partial charge >= 0.3 is 0 Å². The van der Waals surface area contributed by atoms with E-state index in [4.69, 9.17) is 4.74 Å². The van der Waals surface area contributed by atoms with Crippen molar-refractivity contribution >= 4 is 10.2 Å². The molecule has 1 saturated heterocycles. The minimum atomic E-state index is -3.36. The molecule has 0 spiro atoms. The average Bonchev–Trinajstić information content (AvgIpc) is 2.39. The summed E-state index contributed by atoms with van der Waals surface area (Å²) in [5.41, 5.74) is 2.20. The fourth-order valence-electron chi connectivity index (χ4n) is 2.05. The number of aryl methyl sites for hydroxylation is 1. The lowest BCUT2D eigenvalue weighted by atomic mass is 10.1. The quantitative estimate of drug-likeness (QED) is 0.837. The van der Waals surface area contributed by atoms with Crippen LogP contribution in [-0.4, -0.2) is 50.8 Å². The third-order valence-electron chi connectivity index (χ3n) is 3.27. The van der Waals surface area contributed by atoms with Gasteiger partial charge in [0.05, 0.1) is 12.7 Å². The van der Waals surface area contributed by atoms with Crippen LogP contribution in [0.25, 0.3) is 0 Å². The van der Waals surface area contributed by atoms with Crippen molar-refractivity contribution in [1.29, 1.82) is 0 Å². The van der Waals surface area contributed by atoms with Gasteiger partial charge in [0.1, 0.15) is 0 Å². The van der Waals surface area contributed by atoms with E-state index in [1.807, 2.05) is 31.2 Å². The summed E-state index contributed by atoms with van der Waals surface area (Å²) in [4.78, 5) is 0. The van der Waals surface area contributed by atoms with Crippen molar-refractivity contribution in [1.82, 2.24) is 8.61 Å². The summed E-state index contributed by atoms with van der Waals surface area (Å²) < 4.78 is 32.6. The number of hydrogen-bond donors (Lipinski definition) is 0. The average molecular weight is 284 g/mol. The predicted octanol–water partition coefficient (Wildman–Crippen LogP) is 1.17. The highest BCUT2D eigenvalue weighted by atomic mass is 32.2. The molecule has 0 saturated carbocycles. The third-order valence-corrected chi connectivity index (χ3v) is 5.17. The number of hydrogen-bond acceptors (Lipinski definition) is 3. The van der Waals surface area contributed by atoms with Crippen LogP contribution >= 0.6 is 0 Å². The zero-order valence-corrected chi connectivity index (χ0v) is 12.4. The lowest BCUT2D eigenvalue weighted by molar-refractivity contribution is -0.00387. The molecule has 106 valence electrons.